The van der Waals surface area contributed by atoms with Gasteiger partial charge in [0.05, 0.1) is 18.8 Å². The van der Waals surface area contributed by atoms with Crippen LogP contribution in [0.25, 0.3) is 0 Å². The Labute approximate surface area is 108 Å². The molecule has 2 heterocycles. The van der Waals surface area contributed by atoms with E-state index in [9.17, 15) is 5.11 Å². The summed E-state index contributed by atoms with van der Waals surface area (Å²) in [4.78, 5) is 6.45. The zero-order valence-corrected chi connectivity index (χ0v) is 11.3. The van der Waals surface area contributed by atoms with Gasteiger partial charge in [0.1, 0.15) is 12.2 Å². The van der Waals surface area contributed by atoms with Gasteiger partial charge in [-0.2, -0.15) is 5.10 Å². The maximum atomic E-state index is 10.2. The fourth-order valence-electron chi connectivity index (χ4n) is 2.22. The van der Waals surface area contributed by atoms with Crippen molar-refractivity contribution in [3.63, 3.8) is 0 Å². The summed E-state index contributed by atoms with van der Waals surface area (Å²) in [6, 6.07) is 0.485. The van der Waals surface area contributed by atoms with Crippen molar-refractivity contribution in [3.05, 3.63) is 12.2 Å². The Hall–Kier alpha value is -0.980. The van der Waals surface area contributed by atoms with Crippen molar-refractivity contribution in [2.75, 3.05) is 19.7 Å². The van der Waals surface area contributed by atoms with Crippen molar-refractivity contribution in [2.24, 2.45) is 7.05 Å². The van der Waals surface area contributed by atoms with Gasteiger partial charge in [-0.05, 0) is 13.8 Å². The second-order valence-electron chi connectivity index (χ2n) is 5.07. The molecule has 6 nitrogen and oxygen atoms in total. The average molecular weight is 254 g/mol. The van der Waals surface area contributed by atoms with E-state index in [0.717, 1.165) is 18.9 Å². The van der Waals surface area contributed by atoms with Crippen molar-refractivity contribution in [2.45, 2.75) is 38.5 Å². The van der Waals surface area contributed by atoms with Gasteiger partial charge in [-0.15, -0.1) is 0 Å². The number of nitrogens with zero attached hydrogens (tertiary/aromatic N) is 4. The van der Waals surface area contributed by atoms with Crippen LogP contribution in [-0.2, 0) is 18.2 Å². The highest BCUT2D eigenvalue weighted by Crippen LogP contribution is 2.14. The van der Waals surface area contributed by atoms with Crippen LogP contribution in [0.5, 0.6) is 0 Å². The van der Waals surface area contributed by atoms with Crippen LogP contribution < -0.4 is 0 Å². The smallest absolute Gasteiger partial charge is 0.138 e. The van der Waals surface area contributed by atoms with Gasteiger partial charge in [-0.3, -0.25) is 9.58 Å². The normalized spacial score (nSPS) is 23.5. The molecule has 0 aliphatic carbocycles. The molecule has 1 aliphatic rings. The van der Waals surface area contributed by atoms with E-state index in [1.54, 1.807) is 4.68 Å². The molecule has 0 saturated carbocycles. The van der Waals surface area contributed by atoms with Gasteiger partial charge in [0.25, 0.3) is 0 Å². The highest BCUT2D eigenvalue weighted by atomic mass is 16.5. The number of rotatable bonds is 4. The number of aliphatic hydroxyl groups is 1. The maximum absolute atomic E-state index is 10.2. The third-order valence-electron chi connectivity index (χ3n) is 3.48. The van der Waals surface area contributed by atoms with Crippen molar-refractivity contribution < 1.29 is 9.84 Å². The number of morpholine rings is 1. The zero-order chi connectivity index (χ0) is 13.1. The summed E-state index contributed by atoms with van der Waals surface area (Å²) in [5, 5.41) is 14.2. The molecule has 1 N–H and O–H groups in total. The predicted molar refractivity (Wildman–Crippen MR) is 67.2 cm³/mol. The van der Waals surface area contributed by atoms with Crippen LogP contribution in [0.3, 0.4) is 0 Å². The Morgan fingerprint density at radius 1 is 1.56 bits per heavy atom. The molecule has 0 radical (unpaired) electrons. The number of aromatic nitrogens is 3. The van der Waals surface area contributed by atoms with Crippen LogP contribution in [0.4, 0.5) is 0 Å². The fraction of sp³-hybridized carbons (Fsp3) is 0.833. The van der Waals surface area contributed by atoms with Crippen LogP contribution in [-0.4, -0.2) is 62.7 Å². The second-order valence-corrected chi connectivity index (χ2v) is 5.07. The predicted octanol–water partition coefficient (Wildman–Crippen LogP) is -0.172. The van der Waals surface area contributed by atoms with Crippen molar-refractivity contribution >= 4 is 0 Å². The Morgan fingerprint density at radius 2 is 2.33 bits per heavy atom. The van der Waals surface area contributed by atoms with E-state index in [1.165, 1.54) is 6.33 Å². The lowest BCUT2D eigenvalue weighted by molar-refractivity contribution is -0.0946. The lowest BCUT2D eigenvalue weighted by Gasteiger charge is -2.37. The summed E-state index contributed by atoms with van der Waals surface area (Å²) in [7, 11) is 1.83. The topological polar surface area (TPSA) is 63.4 Å². The van der Waals surface area contributed by atoms with Crippen molar-refractivity contribution in [1.29, 1.82) is 0 Å². The molecule has 2 atom stereocenters. The van der Waals surface area contributed by atoms with Gasteiger partial charge in [-0.25, -0.2) is 4.98 Å². The summed E-state index contributed by atoms with van der Waals surface area (Å²) in [6.45, 7) is 6.72. The molecule has 6 heteroatoms. The monoisotopic (exact) mass is 254 g/mol. The van der Waals surface area contributed by atoms with Gasteiger partial charge >= 0.3 is 0 Å². The molecule has 18 heavy (non-hydrogen) atoms. The molecule has 0 aromatic carbocycles. The second kappa shape index (κ2) is 5.77. The standard InChI is InChI=1S/C12H22N4O2/c1-9(2)16-4-5-18-11(7-16)10(17)6-12-13-8-14-15(12)3/h8-11,17H,4-7H2,1-3H3. The van der Waals surface area contributed by atoms with Crippen LogP contribution in [0.2, 0.25) is 0 Å². The van der Waals surface area contributed by atoms with Crippen molar-refractivity contribution in [3.8, 4) is 0 Å². The molecule has 0 amide bonds. The molecule has 2 unspecified atom stereocenters. The first-order valence-corrected chi connectivity index (χ1v) is 6.44. The van der Waals surface area contributed by atoms with E-state index in [1.807, 2.05) is 7.05 Å². The van der Waals surface area contributed by atoms with Crippen LogP contribution in [0.1, 0.15) is 19.7 Å². The van der Waals surface area contributed by atoms with Gasteiger partial charge in [0, 0.05) is 32.6 Å². The highest BCUT2D eigenvalue weighted by Gasteiger charge is 2.28. The number of hydrogen-bond acceptors (Lipinski definition) is 5. The molecule has 2 rings (SSSR count). The van der Waals surface area contributed by atoms with E-state index < -0.39 is 6.10 Å². The first-order valence-electron chi connectivity index (χ1n) is 6.44. The average Bonchev–Trinajstić information content (AvgIpc) is 2.75. The molecule has 102 valence electrons. The Kier molecular flexibility index (Phi) is 4.31. The van der Waals surface area contributed by atoms with E-state index in [0.29, 0.717) is 19.1 Å². The van der Waals surface area contributed by atoms with Gasteiger partial charge in [0.15, 0.2) is 0 Å². The van der Waals surface area contributed by atoms with Crippen LogP contribution in [0, 0.1) is 0 Å². The fourth-order valence-corrected chi connectivity index (χ4v) is 2.22. The first-order chi connectivity index (χ1) is 8.58. The summed E-state index contributed by atoms with van der Waals surface area (Å²) < 4.78 is 7.35. The summed E-state index contributed by atoms with van der Waals surface area (Å²) in [5.74, 6) is 0.785. The van der Waals surface area contributed by atoms with E-state index >= 15 is 0 Å². The summed E-state index contributed by atoms with van der Waals surface area (Å²) >= 11 is 0. The van der Waals surface area contributed by atoms with Crippen LogP contribution in [0.15, 0.2) is 6.33 Å². The molecule has 1 aromatic rings. The molecular weight excluding hydrogens is 232 g/mol. The lowest BCUT2D eigenvalue weighted by Crippen LogP contribution is -2.50. The van der Waals surface area contributed by atoms with Crippen molar-refractivity contribution in [1.82, 2.24) is 19.7 Å². The van der Waals surface area contributed by atoms with E-state index in [2.05, 4.69) is 28.8 Å². The van der Waals surface area contributed by atoms with Gasteiger partial charge < -0.3 is 9.84 Å². The number of aliphatic hydroxyl groups excluding tert-OH is 1. The molecule has 1 fully saturated rings. The third kappa shape index (κ3) is 3.07. The van der Waals surface area contributed by atoms with E-state index in [4.69, 9.17) is 4.74 Å². The molecule has 0 spiro atoms. The molecule has 1 aliphatic heterocycles. The molecule has 0 bridgehead atoms. The first kappa shape index (κ1) is 13.5. The Balaban J connectivity index is 1.92. The number of ether oxygens (including phenoxy) is 1. The minimum Gasteiger partial charge on any atom is -0.390 e. The zero-order valence-electron chi connectivity index (χ0n) is 11.3. The summed E-state index contributed by atoms with van der Waals surface area (Å²) in [5.41, 5.74) is 0. The van der Waals surface area contributed by atoms with Crippen LogP contribution >= 0.6 is 0 Å². The molecule has 1 saturated heterocycles. The Morgan fingerprint density at radius 3 is 2.94 bits per heavy atom. The highest BCUT2D eigenvalue weighted by molar-refractivity contribution is 4.90. The quantitative estimate of drug-likeness (QED) is 0.808. The SMILES string of the molecule is CC(C)N1CCOC(C(O)Cc2ncnn2C)C1. The minimum absolute atomic E-state index is 0.141. The van der Waals surface area contributed by atoms with Gasteiger partial charge in [0.2, 0.25) is 0 Å². The summed E-state index contributed by atoms with van der Waals surface area (Å²) in [6.07, 6.45) is 1.31. The third-order valence-corrected chi connectivity index (χ3v) is 3.48. The minimum atomic E-state index is -0.533. The molecule has 1 aromatic heterocycles. The number of hydrogen-bond donors (Lipinski definition) is 1. The van der Waals surface area contributed by atoms with Gasteiger partial charge in [-0.1, -0.05) is 0 Å². The van der Waals surface area contributed by atoms with E-state index in [-0.39, 0.29) is 6.10 Å². The number of aryl methyl sites for hydroxylation is 1. The lowest BCUT2D eigenvalue weighted by atomic mass is 10.1. The maximum Gasteiger partial charge on any atom is 0.138 e. The molecular formula is C12H22N4O2. The largest absolute Gasteiger partial charge is 0.390 e. The Bertz CT molecular complexity index is 380.